The highest BCUT2D eigenvalue weighted by atomic mass is 19.4. The van der Waals surface area contributed by atoms with Crippen molar-refractivity contribution in [1.82, 2.24) is 10.3 Å². The average Bonchev–Trinajstić information content (AvgIpc) is 2.44. The van der Waals surface area contributed by atoms with Gasteiger partial charge in [-0.1, -0.05) is 0 Å². The molecule has 1 atom stereocenters. The summed E-state index contributed by atoms with van der Waals surface area (Å²) in [7, 11) is 1.27. The molecule has 1 aromatic heterocycles. The fourth-order valence-electron chi connectivity index (χ4n) is 1.34. The van der Waals surface area contributed by atoms with E-state index in [0.29, 0.717) is 0 Å². The van der Waals surface area contributed by atoms with E-state index in [9.17, 15) is 22.8 Å². The van der Waals surface area contributed by atoms with Crippen LogP contribution in [0.3, 0.4) is 0 Å². The summed E-state index contributed by atoms with van der Waals surface area (Å²) in [5.41, 5.74) is -0.0262. The molecule has 7 nitrogen and oxygen atoms in total. The number of aromatic nitrogens is 1. The van der Waals surface area contributed by atoms with Gasteiger partial charge in [0.25, 0.3) is 5.91 Å². The minimum Gasteiger partial charge on any atom is -0.480 e. The smallest absolute Gasteiger partial charge is 0.422 e. The maximum absolute atomic E-state index is 12.0. The van der Waals surface area contributed by atoms with Gasteiger partial charge in [0.15, 0.2) is 12.6 Å². The average molecular weight is 322 g/mol. The molecule has 1 unspecified atom stereocenters. The van der Waals surface area contributed by atoms with Gasteiger partial charge in [-0.05, 0) is 6.07 Å². The van der Waals surface area contributed by atoms with Crippen molar-refractivity contribution in [2.24, 2.45) is 0 Å². The van der Waals surface area contributed by atoms with Crippen molar-refractivity contribution < 1.29 is 37.3 Å². The lowest BCUT2D eigenvalue weighted by Crippen LogP contribution is -2.43. The zero-order valence-electron chi connectivity index (χ0n) is 11.4. The molecule has 0 aromatic carbocycles. The number of carbonyl (C=O) groups excluding carboxylic acids is 1. The topological polar surface area (TPSA) is 97.8 Å². The third-order valence-corrected chi connectivity index (χ3v) is 2.32. The second-order valence-corrected chi connectivity index (χ2v) is 4.11. The lowest BCUT2D eigenvalue weighted by molar-refractivity contribution is -0.154. The van der Waals surface area contributed by atoms with Crippen molar-refractivity contribution in [2.45, 2.75) is 12.2 Å². The molecule has 0 saturated heterocycles. The van der Waals surface area contributed by atoms with E-state index in [2.05, 4.69) is 19.8 Å². The normalized spacial score (nSPS) is 12.5. The SMILES string of the molecule is COCC(NC(=O)c1ccc(OCC(F)(F)F)nc1)C(=O)O. The molecular weight excluding hydrogens is 309 g/mol. The summed E-state index contributed by atoms with van der Waals surface area (Å²) >= 11 is 0. The van der Waals surface area contributed by atoms with E-state index >= 15 is 0 Å². The molecule has 0 aliphatic heterocycles. The molecule has 0 saturated carbocycles. The number of halogens is 3. The van der Waals surface area contributed by atoms with Gasteiger partial charge in [-0.2, -0.15) is 13.2 Å². The van der Waals surface area contributed by atoms with Gasteiger partial charge < -0.3 is 19.9 Å². The number of alkyl halides is 3. The van der Waals surface area contributed by atoms with E-state index in [-0.39, 0.29) is 18.1 Å². The molecule has 1 aromatic rings. The van der Waals surface area contributed by atoms with Crippen LogP contribution in [0.4, 0.5) is 13.2 Å². The van der Waals surface area contributed by atoms with Gasteiger partial charge in [-0.3, -0.25) is 4.79 Å². The van der Waals surface area contributed by atoms with Crippen LogP contribution in [0.2, 0.25) is 0 Å². The number of hydrogen-bond acceptors (Lipinski definition) is 5. The molecule has 1 heterocycles. The molecule has 0 fully saturated rings. The first kappa shape index (κ1) is 17.7. The van der Waals surface area contributed by atoms with E-state index in [4.69, 9.17) is 5.11 Å². The fraction of sp³-hybridized carbons (Fsp3) is 0.417. The molecule has 1 amide bonds. The molecule has 0 aliphatic rings. The zero-order valence-corrected chi connectivity index (χ0v) is 11.4. The highest BCUT2D eigenvalue weighted by molar-refractivity contribution is 5.96. The van der Waals surface area contributed by atoms with E-state index in [0.717, 1.165) is 12.3 Å². The molecule has 2 N–H and O–H groups in total. The fourth-order valence-corrected chi connectivity index (χ4v) is 1.34. The van der Waals surface area contributed by atoms with Crippen LogP contribution in [0.15, 0.2) is 18.3 Å². The first-order chi connectivity index (χ1) is 10.2. The Bertz CT molecular complexity index is 518. The number of nitrogens with zero attached hydrogens (tertiary/aromatic N) is 1. The number of rotatable bonds is 7. The van der Waals surface area contributed by atoms with Crippen LogP contribution in [-0.4, -0.2) is 54.5 Å². The first-order valence-corrected chi connectivity index (χ1v) is 5.91. The largest absolute Gasteiger partial charge is 0.480 e. The van der Waals surface area contributed by atoms with Crippen molar-refractivity contribution in [3.05, 3.63) is 23.9 Å². The number of hydrogen-bond donors (Lipinski definition) is 2. The summed E-state index contributed by atoms with van der Waals surface area (Å²) in [4.78, 5) is 26.2. The predicted octanol–water partition coefficient (Wildman–Crippen LogP) is 0.852. The van der Waals surface area contributed by atoms with Crippen LogP contribution in [-0.2, 0) is 9.53 Å². The Balaban J connectivity index is 2.65. The van der Waals surface area contributed by atoms with E-state index in [1.54, 1.807) is 0 Å². The predicted molar refractivity (Wildman–Crippen MR) is 66.6 cm³/mol. The van der Waals surface area contributed by atoms with Crippen molar-refractivity contribution in [1.29, 1.82) is 0 Å². The molecule has 10 heteroatoms. The molecule has 0 radical (unpaired) electrons. The molecule has 1 rings (SSSR count). The van der Waals surface area contributed by atoms with Crippen LogP contribution in [0.5, 0.6) is 5.88 Å². The Morgan fingerprint density at radius 1 is 1.41 bits per heavy atom. The van der Waals surface area contributed by atoms with Crippen molar-refractivity contribution in [2.75, 3.05) is 20.3 Å². The van der Waals surface area contributed by atoms with Crippen molar-refractivity contribution in [3.8, 4) is 5.88 Å². The lowest BCUT2D eigenvalue weighted by Gasteiger charge is -2.13. The van der Waals surface area contributed by atoms with Crippen LogP contribution >= 0.6 is 0 Å². The Morgan fingerprint density at radius 2 is 2.09 bits per heavy atom. The Kier molecular flexibility index (Phi) is 6.11. The third-order valence-electron chi connectivity index (χ3n) is 2.32. The van der Waals surface area contributed by atoms with Gasteiger partial charge in [0, 0.05) is 19.4 Å². The molecule has 0 aliphatic carbocycles. The van der Waals surface area contributed by atoms with Crippen LogP contribution in [0, 0.1) is 0 Å². The van der Waals surface area contributed by atoms with Crippen LogP contribution < -0.4 is 10.1 Å². The minimum atomic E-state index is -4.49. The maximum atomic E-state index is 12.0. The number of ether oxygens (including phenoxy) is 2. The lowest BCUT2D eigenvalue weighted by atomic mass is 10.2. The van der Waals surface area contributed by atoms with Gasteiger partial charge in [-0.15, -0.1) is 0 Å². The standard InChI is InChI=1S/C12H13F3N2O5/c1-21-5-8(11(19)20)17-10(18)7-2-3-9(16-4-7)22-6-12(13,14)15/h2-4,8H,5-6H2,1H3,(H,17,18)(H,19,20). The number of aliphatic carboxylic acids is 1. The summed E-state index contributed by atoms with van der Waals surface area (Å²) in [6.45, 7) is -1.73. The quantitative estimate of drug-likeness (QED) is 0.772. The van der Waals surface area contributed by atoms with Gasteiger partial charge in [0.05, 0.1) is 12.2 Å². The van der Waals surface area contributed by atoms with Gasteiger partial charge in [0.1, 0.15) is 0 Å². The summed E-state index contributed by atoms with van der Waals surface area (Å²) in [5, 5.41) is 11.0. The number of carboxylic acid groups (broad SMARTS) is 1. The van der Waals surface area contributed by atoms with E-state index in [1.165, 1.54) is 13.2 Å². The third kappa shape index (κ3) is 5.95. The summed E-state index contributed by atoms with van der Waals surface area (Å²) < 4.78 is 44.9. The number of carbonyl (C=O) groups is 2. The van der Waals surface area contributed by atoms with Gasteiger partial charge in [0.2, 0.25) is 5.88 Å². The highest BCUT2D eigenvalue weighted by Gasteiger charge is 2.28. The number of methoxy groups -OCH3 is 1. The maximum Gasteiger partial charge on any atom is 0.422 e. The summed E-state index contributed by atoms with van der Waals surface area (Å²) in [5.74, 6) is -2.34. The number of nitrogens with one attached hydrogen (secondary N) is 1. The molecule has 22 heavy (non-hydrogen) atoms. The summed E-state index contributed by atoms with van der Waals surface area (Å²) in [6.07, 6.45) is -3.51. The summed E-state index contributed by atoms with van der Waals surface area (Å²) in [6, 6.07) is 0.991. The molecule has 0 bridgehead atoms. The second-order valence-electron chi connectivity index (χ2n) is 4.11. The minimum absolute atomic E-state index is 0.0262. The zero-order chi connectivity index (χ0) is 16.8. The van der Waals surface area contributed by atoms with Crippen molar-refractivity contribution >= 4 is 11.9 Å². The monoisotopic (exact) mass is 322 g/mol. The molecule has 122 valence electrons. The number of carboxylic acids is 1. The number of pyridine rings is 1. The Labute approximate surface area is 123 Å². The molecular formula is C12H13F3N2O5. The van der Waals surface area contributed by atoms with Crippen LogP contribution in [0.1, 0.15) is 10.4 Å². The van der Waals surface area contributed by atoms with Gasteiger partial charge >= 0.3 is 12.1 Å². The number of amides is 1. The second kappa shape index (κ2) is 7.59. The van der Waals surface area contributed by atoms with Crippen LogP contribution in [0.25, 0.3) is 0 Å². The Hall–Kier alpha value is -2.36. The first-order valence-electron chi connectivity index (χ1n) is 5.91. The van der Waals surface area contributed by atoms with E-state index in [1.807, 2.05) is 0 Å². The highest BCUT2D eigenvalue weighted by Crippen LogP contribution is 2.17. The van der Waals surface area contributed by atoms with Crippen molar-refractivity contribution in [3.63, 3.8) is 0 Å². The Morgan fingerprint density at radius 3 is 2.55 bits per heavy atom. The van der Waals surface area contributed by atoms with E-state index < -0.39 is 30.7 Å². The molecule has 0 spiro atoms. The van der Waals surface area contributed by atoms with Gasteiger partial charge in [-0.25, -0.2) is 9.78 Å².